The van der Waals surface area contributed by atoms with Crippen LogP contribution in [0.5, 0.6) is 11.5 Å². The SMILES string of the molecule is COc1ccc(/C=C/C(=O)c2ccccc2NS(C)(=O)=O)cc1OC. The van der Waals surface area contributed by atoms with Crippen molar-refractivity contribution >= 4 is 27.6 Å². The highest BCUT2D eigenvalue weighted by Gasteiger charge is 2.11. The molecule has 0 spiro atoms. The Labute approximate surface area is 147 Å². The van der Waals surface area contributed by atoms with Gasteiger partial charge in [-0.2, -0.15) is 0 Å². The molecule has 0 fully saturated rings. The van der Waals surface area contributed by atoms with Crippen LogP contribution in [0.2, 0.25) is 0 Å². The molecule has 6 nitrogen and oxygen atoms in total. The Hall–Kier alpha value is -2.80. The van der Waals surface area contributed by atoms with E-state index in [1.165, 1.54) is 13.2 Å². The van der Waals surface area contributed by atoms with Crippen molar-refractivity contribution in [3.05, 3.63) is 59.7 Å². The Balaban J connectivity index is 2.27. The van der Waals surface area contributed by atoms with E-state index >= 15 is 0 Å². The molecule has 0 atom stereocenters. The maximum atomic E-state index is 12.4. The topological polar surface area (TPSA) is 81.7 Å². The molecule has 0 saturated heterocycles. The zero-order valence-corrected chi connectivity index (χ0v) is 15.0. The predicted octanol–water partition coefficient (Wildman–Crippen LogP) is 2.97. The first-order valence-electron chi connectivity index (χ1n) is 7.35. The third-order valence-electron chi connectivity index (χ3n) is 3.32. The van der Waals surface area contributed by atoms with Gasteiger partial charge >= 0.3 is 0 Å². The molecule has 7 heteroatoms. The van der Waals surface area contributed by atoms with Crippen LogP contribution in [0.1, 0.15) is 15.9 Å². The van der Waals surface area contributed by atoms with Gasteiger partial charge in [0.2, 0.25) is 10.0 Å². The second-order valence-corrected chi connectivity index (χ2v) is 6.98. The number of para-hydroxylation sites is 1. The molecule has 0 aliphatic carbocycles. The first-order valence-corrected chi connectivity index (χ1v) is 9.24. The second kappa shape index (κ2) is 7.85. The van der Waals surface area contributed by atoms with Crippen LogP contribution in [-0.2, 0) is 10.0 Å². The van der Waals surface area contributed by atoms with Crippen LogP contribution in [-0.4, -0.2) is 34.7 Å². The first kappa shape index (κ1) is 18.5. The summed E-state index contributed by atoms with van der Waals surface area (Å²) in [7, 11) is -0.398. The van der Waals surface area contributed by atoms with Crippen molar-refractivity contribution in [2.45, 2.75) is 0 Å². The first-order chi connectivity index (χ1) is 11.8. The summed E-state index contributed by atoms with van der Waals surface area (Å²) in [6.45, 7) is 0. The molecule has 132 valence electrons. The summed E-state index contributed by atoms with van der Waals surface area (Å²) in [6.07, 6.45) is 4.04. The Bertz CT molecular complexity index is 903. The standard InChI is InChI=1S/C18H19NO5S/c1-23-17-11-9-13(12-18(17)24-2)8-10-16(20)14-6-4-5-7-15(14)19-25(3,21)22/h4-12,19H,1-3H3/b10-8+. The maximum absolute atomic E-state index is 12.4. The normalized spacial score (nSPS) is 11.3. The van der Waals surface area contributed by atoms with Gasteiger partial charge < -0.3 is 9.47 Å². The summed E-state index contributed by atoms with van der Waals surface area (Å²) >= 11 is 0. The fourth-order valence-corrected chi connectivity index (χ4v) is 2.78. The average Bonchev–Trinajstić information content (AvgIpc) is 2.58. The minimum atomic E-state index is -3.47. The number of methoxy groups -OCH3 is 2. The largest absolute Gasteiger partial charge is 0.493 e. The molecule has 0 aliphatic rings. The number of allylic oxidation sites excluding steroid dienone is 1. The van der Waals surface area contributed by atoms with Crippen LogP contribution in [0.25, 0.3) is 6.08 Å². The number of nitrogens with one attached hydrogen (secondary N) is 1. The zero-order chi connectivity index (χ0) is 18.4. The molecule has 0 unspecified atom stereocenters. The fourth-order valence-electron chi connectivity index (χ4n) is 2.20. The van der Waals surface area contributed by atoms with Gasteiger partial charge in [0.25, 0.3) is 0 Å². The van der Waals surface area contributed by atoms with Crippen LogP contribution in [0.3, 0.4) is 0 Å². The Morgan fingerprint density at radius 1 is 1.04 bits per heavy atom. The van der Waals surface area contributed by atoms with Gasteiger partial charge in [-0.1, -0.05) is 24.3 Å². The van der Waals surface area contributed by atoms with E-state index in [1.54, 1.807) is 55.7 Å². The third kappa shape index (κ3) is 5.09. The number of sulfonamides is 1. The number of anilines is 1. The Kier molecular flexibility index (Phi) is 5.82. The van der Waals surface area contributed by atoms with Gasteiger partial charge in [0.15, 0.2) is 17.3 Å². The molecule has 2 aromatic carbocycles. The average molecular weight is 361 g/mol. The van der Waals surface area contributed by atoms with Crippen LogP contribution >= 0.6 is 0 Å². The van der Waals surface area contributed by atoms with Gasteiger partial charge in [0.1, 0.15) is 0 Å². The lowest BCUT2D eigenvalue weighted by atomic mass is 10.1. The second-order valence-electron chi connectivity index (χ2n) is 5.23. The van der Waals surface area contributed by atoms with Crippen molar-refractivity contribution in [1.29, 1.82) is 0 Å². The highest BCUT2D eigenvalue weighted by atomic mass is 32.2. The van der Waals surface area contributed by atoms with Crippen molar-refractivity contribution in [2.24, 2.45) is 0 Å². The van der Waals surface area contributed by atoms with Gasteiger partial charge in [0.05, 0.1) is 26.2 Å². The minimum absolute atomic E-state index is 0.243. The third-order valence-corrected chi connectivity index (χ3v) is 3.91. The molecule has 1 N–H and O–H groups in total. The number of ketones is 1. The van der Waals surface area contributed by atoms with Crippen molar-refractivity contribution in [3.8, 4) is 11.5 Å². The molecule has 2 aromatic rings. The van der Waals surface area contributed by atoms with Crippen molar-refractivity contribution in [2.75, 3.05) is 25.2 Å². The lowest BCUT2D eigenvalue weighted by molar-refractivity contribution is 0.104. The number of ether oxygens (including phenoxy) is 2. The van der Waals surface area contributed by atoms with Gasteiger partial charge in [0, 0.05) is 5.56 Å². The predicted molar refractivity (Wildman–Crippen MR) is 97.8 cm³/mol. The zero-order valence-electron chi connectivity index (χ0n) is 14.1. The monoisotopic (exact) mass is 361 g/mol. The fraction of sp³-hybridized carbons (Fsp3) is 0.167. The molecular weight excluding hydrogens is 342 g/mol. The van der Waals surface area contributed by atoms with E-state index in [1.807, 2.05) is 0 Å². The van der Waals surface area contributed by atoms with Crippen LogP contribution in [0.4, 0.5) is 5.69 Å². The number of hydrogen-bond acceptors (Lipinski definition) is 5. The van der Waals surface area contributed by atoms with Crippen LogP contribution in [0.15, 0.2) is 48.5 Å². The molecule has 2 rings (SSSR count). The number of carbonyl (C=O) groups excluding carboxylic acids is 1. The molecule has 0 heterocycles. The molecule has 25 heavy (non-hydrogen) atoms. The van der Waals surface area contributed by atoms with E-state index in [0.29, 0.717) is 11.5 Å². The van der Waals surface area contributed by atoms with Crippen molar-refractivity contribution in [3.63, 3.8) is 0 Å². The molecular formula is C18H19NO5S. The number of benzene rings is 2. The number of rotatable bonds is 7. The highest BCUT2D eigenvalue weighted by molar-refractivity contribution is 7.92. The number of hydrogen-bond donors (Lipinski definition) is 1. The van der Waals surface area contributed by atoms with Crippen LogP contribution < -0.4 is 14.2 Å². The molecule has 0 bridgehead atoms. The minimum Gasteiger partial charge on any atom is -0.493 e. The van der Waals surface area contributed by atoms with Gasteiger partial charge in [-0.3, -0.25) is 9.52 Å². The number of carbonyl (C=O) groups is 1. The van der Waals surface area contributed by atoms with E-state index < -0.39 is 10.0 Å². The highest BCUT2D eigenvalue weighted by Crippen LogP contribution is 2.28. The van der Waals surface area contributed by atoms with E-state index in [-0.39, 0.29) is 17.0 Å². The van der Waals surface area contributed by atoms with Crippen LogP contribution in [0, 0.1) is 0 Å². The van der Waals surface area contributed by atoms with Gasteiger partial charge in [-0.25, -0.2) is 8.42 Å². The van der Waals surface area contributed by atoms with Gasteiger partial charge in [-0.15, -0.1) is 0 Å². The molecule has 0 aromatic heterocycles. The summed E-state index contributed by atoms with van der Waals surface area (Å²) in [6, 6.07) is 11.7. The smallest absolute Gasteiger partial charge is 0.229 e. The van der Waals surface area contributed by atoms with E-state index in [4.69, 9.17) is 9.47 Å². The summed E-state index contributed by atoms with van der Waals surface area (Å²) in [5.41, 5.74) is 1.26. The van der Waals surface area contributed by atoms with E-state index in [0.717, 1.165) is 11.8 Å². The lowest BCUT2D eigenvalue weighted by Crippen LogP contribution is -2.12. The lowest BCUT2D eigenvalue weighted by Gasteiger charge is -2.08. The van der Waals surface area contributed by atoms with Crippen molar-refractivity contribution in [1.82, 2.24) is 0 Å². The van der Waals surface area contributed by atoms with Crippen molar-refractivity contribution < 1.29 is 22.7 Å². The molecule has 0 radical (unpaired) electrons. The quantitative estimate of drug-likeness (QED) is 0.606. The molecule has 0 aliphatic heterocycles. The summed E-state index contributed by atoms with van der Waals surface area (Å²) < 4.78 is 35.6. The summed E-state index contributed by atoms with van der Waals surface area (Å²) in [5.74, 6) is 0.825. The Morgan fingerprint density at radius 3 is 2.36 bits per heavy atom. The molecule has 0 amide bonds. The van der Waals surface area contributed by atoms with E-state index in [9.17, 15) is 13.2 Å². The van der Waals surface area contributed by atoms with E-state index in [2.05, 4.69) is 4.72 Å². The summed E-state index contributed by atoms with van der Waals surface area (Å²) in [4.78, 5) is 12.4. The van der Waals surface area contributed by atoms with Gasteiger partial charge in [-0.05, 0) is 35.9 Å². The molecule has 0 saturated carbocycles. The Morgan fingerprint density at radius 2 is 1.72 bits per heavy atom. The summed E-state index contributed by atoms with van der Waals surface area (Å²) in [5, 5.41) is 0. The maximum Gasteiger partial charge on any atom is 0.229 e.